The number of aromatic amines is 1. The molecule has 1 aliphatic heterocycles. The van der Waals surface area contributed by atoms with Gasteiger partial charge < -0.3 is 15.2 Å². The fourth-order valence-corrected chi connectivity index (χ4v) is 5.36. The van der Waals surface area contributed by atoms with Gasteiger partial charge in [0, 0.05) is 42.3 Å². The number of amides is 2. The van der Waals surface area contributed by atoms with E-state index in [9.17, 15) is 22.4 Å². The van der Waals surface area contributed by atoms with Crippen LogP contribution in [0.3, 0.4) is 0 Å². The summed E-state index contributed by atoms with van der Waals surface area (Å²) in [5, 5.41) is 3.96. The molecule has 0 aliphatic carbocycles. The Morgan fingerprint density at radius 3 is 2.41 bits per heavy atom. The lowest BCUT2D eigenvalue weighted by atomic mass is 9.89. The molecule has 0 saturated carbocycles. The monoisotopic (exact) mass is 519 g/mol. The molecule has 37 heavy (non-hydrogen) atoms. The first-order valence-corrected chi connectivity index (χ1v) is 13.9. The third-order valence-electron chi connectivity index (χ3n) is 6.84. The van der Waals surface area contributed by atoms with Gasteiger partial charge >= 0.3 is 0 Å². The molecule has 0 radical (unpaired) electrons. The Morgan fingerprint density at radius 1 is 0.973 bits per heavy atom. The van der Waals surface area contributed by atoms with Gasteiger partial charge in [0.15, 0.2) is 9.84 Å². The van der Waals surface area contributed by atoms with Crippen LogP contribution >= 0.6 is 0 Å². The Morgan fingerprint density at radius 2 is 1.70 bits per heavy atom. The summed E-state index contributed by atoms with van der Waals surface area (Å²) in [6, 6.07) is 18.4. The fourth-order valence-electron chi connectivity index (χ4n) is 4.72. The lowest BCUT2D eigenvalue weighted by Gasteiger charge is -2.32. The summed E-state index contributed by atoms with van der Waals surface area (Å²) in [7, 11) is -3.55. The van der Waals surface area contributed by atoms with Crippen molar-refractivity contribution in [2.75, 3.05) is 24.7 Å². The molecule has 1 aliphatic rings. The van der Waals surface area contributed by atoms with Crippen molar-refractivity contribution in [3.8, 4) is 0 Å². The number of rotatable bonds is 5. The van der Waals surface area contributed by atoms with Crippen molar-refractivity contribution in [3.63, 3.8) is 0 Å². The minimum Gasteiger partial charge on any atom is -0.361 e. The Kier molecular flexibility index (Phi) is 6.55. The standard InChI is InChI=1S/C28H26FN3O4S/c1-37(35,36)23-8-9-25(29)24(17-23)28(34)32-14-11-19(12-15-32)18-4-6-22(7-5-18)31-27(33)21-3-2-20-10-13-30-26(20)16-21/h2-10,13,16-17,19,30H,11-12,14-15H2,1H3,(H,31,33). The molecule has 1 fully saturated rings. The zero-order chi connectivity index (χ0) is 26.2. The number of likely N-dealkylation sites (tertiary alicyclic amines) is 1. The maximum atomic E-state index is 14.3. The summed E-state index contributed by atoms with van der Waals surface area (Å²) in [4.78, 5) is 30.2. The van der Waals surface area contributed by atoms with Gasteiger partial charge in [0.05, 0.1) is 10.5 Å². The number of benzene rings is 3. The van der Waals surface area contributed by atoms with Crippen LogP contribution in [-0.4, -0.2) is 49.5 Å². The number of hydrogen-bond acceptors (Lipinski definition) is 4. The summed E-state index contributed by atoms with van der Waals surface area (Å²) < 4.78 is 38.0. The Hall–Kier alpha value is -3.98. The molecule has 0 spiro atoms. The van der Waals surface area contributed by atoms with E-state index in [-0.39, 0.29) is 22.3 Å². The average Bonchev–Trinajstić information content (AvgIpc) is 3.36. The number of aromatic nitrogens is 1. The molecular formula is C28H26FN3O4S. The first-order chi connectivity index (χ1) is 17.7. The highest BCUT2D eigenvalue weighted by Crippen LogP contribution is 2.30. The van der Waals surface area contributed by atoms with E-state index < -0.39 is 21.6 Å². The Bertz CT molecular complexity index is 1590. The molecule has 3 aromatic carbocycles. The van der Waals surface area contributed by atoms with E-state index in [0.29, 0.717) is 37.2 Å². The number of halogens is 1. The number of nitrogens with one attached hydrogen (secondary N) is 2. The second-order valence-electron chi connectivity index (χ2n) is 9.34. The number of carbonyl (C=O) groups excluding carboxylic acids is 2. The largest absolute Gasteiger partial charge is 0.361 e. The molecule has 0 unspecified atom stereocenters. The Balaban J connectivity index is 1.20. The normalized spacial score (nSPS) is 14.6. The van der Waals surface area contributed by atoms with E-state index >= 15 is 0 Å². The summed E-state index contributed by atoms with van der Waals surface area (Å²) >= 11 is 0. The molecule has 5 rings (SSSR count). The average molecular weight is 520 g/mol. The number of H-pyrrole nitrogens is 1. The van der Waals surface area contributed by atoms with Gasteiger partial charge in [0.2, 0.25) is 0 Å². The summed E-state index contributed by atoms with van der Waals surface area (Å²) in [5.41, 5.74) is 3.03. The van der Waals surface area contributed by atoms with E-state index in [4.69, 9.17) is 0 Å². The van der Waals surface area contributed by atoms with Crippen molar-refractivity contribution in [1.29, 1.82) is 0 Å². The predicted octanol–water partition coefficient (Wildman–Crippen LogP) is 4.98. The van der Waals surface area contributed by atoms with Crippen molar-refractivity contribution >= 4 is 38.2 Å². The lowest BCUT2D eigenvalue weighted by Crippen LogP contribution is -2.38. The van der Waals surface area contributed by atoms with Crippen LogP contribution in [0.4, 0.5) is 10.1 Å². The van der Waals surface area contributed by atoms with E-state index in [1.807, 2.05) is 48.7 Å². The van der Waals surface area contributed by atoms with Crippen LogP contribution in [0.25, 0.3) is 10.9 Å². The SMILES string of the molecule is CS(=O)(=O)c1ccc(F)c(C(=O)N2CCC(c3ccc(NC(=O)c4ccc5cc[nH]c5c4)cc3)CC2)c1. The van der Waals surface area contributed by atoms with Gasteiger partial charge in [-0.15, -0.1) is 0 Å². The molecule has 1 aromatic heterocycles. The van der Waals surface area contributed by atoms with Gasteiger partial charge in [-0.2, -0.15) is 0 Å². The highest BCUT2D eigenvalue weighted by molar-refractivity contribution is 7.90. The maximum Gasteiger partial charge on any atom is 0.256 e. The summed E-state index contributed by atoms with van der Waals surface area (Å²) in [5.74, 6) is -1.21. The zero-order valence-electron chi connectivity index (χ0n) is 20.2. The lowest BCUT2D eigenvalue weighted by molar-refractivity contribution is 0.0708. The van der Waals surface area contributed by atoms with Gasteiger partial charge in [0.1, 0.15) is 5.82 Å². The minimum atomic E-state index is -3.55. The zero-order valence-corrected chi connectivity index (χ0v) is 21.0. The van der Waals surface area contributed by atoms with Crippen LogP contribution in [0.15, 0.2) is 77.8 Å². The van der Waals surface area contributed by atoms with Crippen molar-refractivity contribution in [2.45, 2.75) is 23.7 Å². The van der Waals surface area contributed by atoms with Gasteiger partial charge in [-0.3, -0.25) is 9.59 Å². The van der Waals surface area contributed by atoms with E-state index in [1.165, 1.54) is 6.07 Å². The topological polar surface area (TPSA) is 99.3 Å². The third-order valence-corrected chi connectivity index (χ3v) is 7.95. The molecule has 2 amide bonds. The van der Waals surface area contributed by atoms with Crippen LogP contribution in [0.2, 0.25) is 0 Å². The number of hydrogen-bond donors (Lipinski definition) is 2. The second-order valence-corrected chi connectivity index (χ2v) is 11.4. The van der Waals surface area contributed by atoms with Crippen molar-refractivity contribution in [1.82, 2.24) is 9.88 Å². The smallest absolute Gasteiger partial charge is 0.256 e. The third kappa shape index (κ3) is 5.27. The van der Waals surface area contributed by atoms with Crippen molar-refractivity contribution in [2.24, 2.45) is 0 Å². The van der Waals surface area contributed by atoms with Gasteiger partial charge in [-0.05, 0) is 78.2 Å². The van der Waals surface area contributed by atoms with E-state index in [1.54, 1.807) is 11.0 Å². The summed E-state index contributed by atoms with van der Waals surface area (Å²) in [6.45, 7) is 0.873. The summed E-state index contributed by atoms with van der Waals surface area (Å²) in [6.07, 6.45) is 4.25. The van der Waals surface area contributed by atoms with Gasteiger partial charge in [0.25, 0.3) is 11.8 Å². The quantitative estimate of drug-likeness (QED) is 0.363. The maximum absolute atomic E-state index is 14.3. The predicted molar refractivity (Wildman–Crippen MR) is 140 cm³/mol. The van der Waals surface area contributed by atoms with Crippen LogP contribution in [0.5, 0.6) is 0 Å². The number of carbonyl (C=O) groups is 2. The second kappa shape index (κ2) is 9.82. The van der Waals surface area contributed by atoms with Crippen LogP contribution in [-0.2, 0) is 9.84 Å². The number of anilines is 1. The highest BCUT2D eigenvalue weighted by Gasteiger charge is 2.27. The molecule has 0 bridgehead atoms. The van der Waals surface area contributed by atoms with Gasteiger partial charge in [-0.1, -0.05) is 18.2 Å². The number of sulfone groups is 1. The van der Waals surface area contributed by atoms with E-state index in [0.717, 1.165) is 34.9 Å². The van der Waals surface area contributed by atoms with Crippen LogP contribution in [0.1, 0.15) is 45.0 Å². The molecule has 9 heteroatoms. The van der Waals surface area contributed by atoms with Gasteiger partial charge in [-0.25, -0.2) is 12.8 Å². The first-order valence-electron chi connectivity index (χ1n) is 12.0. The number of fused-ring (bicyclic) bond motifs is 1. The fraction of sp³-hybridized carbons (Fsp3) is 0.214. The molecule has 0 atom stereocenters. The molecule has 2 N–H and O–H groups in total. The van der Waals surface area contributed by atoms with E-state index in [2.05, 4.69) is 10.3 Å². The number of nitrogens with zero attached hydrogens (tertiary/aromatic N) is 1. The Labute approximate surface area is 214 Å². The molecule has 4 aromatic rings. The minimum absolute atomic E-state index is 0.0795. The first kappa shape index (κ1) is 24.7. The van der Waals surface area contributed by atoms with Crippen molar-refractivity contribution in [3.05, 3.63) is 95.4 Å². The number of piperidine rings is 1. The highest BCUT2D eigenvalue weighted by atomic mass is 32.2. The van der Waals surface area contributed by atoms with Crippen LogP contribution in [0, 0.1) is 5.82 Å². The molecule has 7 nitrogen and oxygen atoms in total. The van der Waals surface area contributed by atoms with Crippen LogP contribution < -0.4 is 5.32 Å². The molecule has 1 saturated heterocycles. The molecular weight excluding hydrogens is 493 g/mol. The molecule has 190 valence electrons. The van der Waals surface area contributed by atoms with Crippen molar-refractivity contribution < 1.29 is 22.4 Å². The molecule has 2 heterocycles.